The van der Waals surface area contributed by atoms with Gasteiger partial charge >= 0.3 is 0 Å². The van der Waals surface area contributed by atoms with E-state index in [4.69, 9.17) is 4.74 Å². The SMILES string of the molecule is COCCNCC(Cc1cc(C)nn1C)CC(C)C. The topological polar surface area (TPSA) is 39.1 Å². The van der Waals surface area contributed by atoms with E-state index in [1.165, 1.54) is 12.1 Å². The van der Waals surface area contributed by atoms with Gasteiger partial charge in [0.25, 0.3) is 0 Å². The quantitative estimate of drug-likeness (QED) is 0.697. The molecule has 0 aliphatic carbocycles. The van der Waals surface area contributed by atoms with E-state index in [9.17, 15) is 0 Å². The van der Waals surface area contributed by atoms with Gasteiger partial charge in [-0.3, -0.25) is 4.68 Å². The van der Waals surface area contributed by atoms with E-state index in [1.807, 2.05) is 11.7 Å². The van der Waals surface area contributed by atoms with Crippen molar-refractivity contribution in [2.45, 2.75) is 33.6 Å². The average Bonchev–Trinajstić information content (AvgIpc) is 2.62. The normalized spacial score (nSPS) is 13.2. The maximum Gasteiger partial charge on any atom is 0.0596 e. The minimum Gasteiger partial charge on any atom is -0.383 e. The summed E-state index contributed by atoms with van der Waals surface area (Å²) in [7, 11) is 3.78. The van der Waals surface area contributed by atoms with Crippen LogP contribution in [0.3, 0.4) is 0 Å². The molecular formula is C15H29N3O. The predicted molar refractivity (Wildman–Crippen MR) is 79.3 cm³/mol. The third-order valence-corrected chi connectivity index (χ3v) is 3.32. The molecule has 0 fully saturated rings. The molecule has 1 aromatic rings. The zero-order chi connectivity index (χ0) is 14.3. The molecule has 0 aliphatic heterocycles. The molecule has 0 amide bonds. The van der Waals surface area contributed by atoms with Gasteiger partial charge in [0.15, 0.2) is 0 Å². The second-order valence-electron chi connectivity index (χ2n) is 5.80. The number of methoxy groups -OCH3 is 1. The van der Waals surface area contributed by atoms with Crippen molar-refractivity contribution < 1.29 is 4.74 Å². The molecule has 1 unspecified atom stereocenters. The van der Waals surface area contributed by atoms with Crippen molar-refractivity contribution in [1.82, 2.24) is 15.1 Å². The first-order chi connectivity index (χ1) is 9.02. The van der Waals surface area contributed by atoms with Crippen LogP contribution in [0, 0.1) is 18.8 Å². The van der Waals surface area contributed by atoms with Crippen LogP contribution in [0.5, 0.6) is 0 Å². The molecule has 0 aliphatic rings. The highest BCUT2D eigenvalue weighted by Gasteiger charge is 2.14. The van der Waals surface area contributed by atoms with Crippen molar-refractivity contribution in [2.24, 2.45) is 18.9 Å². The highest BCUT2D eigenvalue weighted by Crippen LogP contribution is 2.17. The van der Waals surface area contributed by atoms with Crippen LogP contribution in [0.4, 0.5) is 0 Å². The Bertz CT molecular complexity index is 360. The second kappa shape index (κ2) is 8.33. The zero-order valence-electron chi connectivity index (χ0n) is 13.1. The zero-order valence-corrected chi connectivity index (χ0v) is 13.1. The number of ether oxygens (including phenoxy) is 1. The van der Waals surface area contributed by atoms with Crippen molar-refractivity contribution in [1.29, 1.82) is 0 Å². The van der Waals surface area contributed by atoms with Crippen LogP contribution in [0.2, 0.25) is 0 Å². The molecule has 0 aromatic carbocycles. The fraction of sp³-hybridized carbons (Fsp3) is 0.800. The largest absolute Gasteiger partial charge is 0.383 e. The van der Waals surface area contributed by atoms with Crippen LogP contribution in [-0.4, -0.2) is 36.6 Å². The Kier molecular flexibility index (Phi) is 7.10. The molecule has 4 nitrogen and oxygen atoms in total. The molecule has 0 bridgehead atoms. The van der Waals surface area contributed by atoms with E-state index in [2.05, 4.69) is 37.3 Å². The lowest BCUT2D eigenvalue weighted by Crippen LogP contribution is -2.28. The van der Waals surface area contributed by atoms with Crippen LogP contribution >= 0.6 is 0 Å². The Balaban J connectivity index is 2.51. The molecule has 1 atom stereocenters. The minimum absolute atomic E-state index is 0.659. The van der Waals surface area contributed by atoms with Gasteiger partial charge in [-0.2, -0.15) is 5.10 Å². The van der Waals surface area contributed by atoms with Gasteiger partial charge in [0.05, 0.1) is 12.3 Å². The van der Waals surface area contributed by atoms with E-state index < -0.39 is 0 Å². The molecule has 1 rings (SSSR count). The molecule has 1 aromatic heterocycles. The Labute approximate surface area is 117 Å². The van der Waals surface area contributed by atoms with Crippen LogP contribution < -0.4 is 5.32 Å². The van der Waals surface area contributed by atoms with E-state index in [1.54, 1.807) is 7.11 Å². The summed E-state index contributed by atoms with van der Waals surface area (Å²) in [6.07, 6.45) is 2.33. The first kappa shape index (κ1) is 16.2. The number of rotatable bonds is 9. The lowest BCUT2D eigenvalue weighted by atomic mass is 9.92. The fourth-order valence-corrected chi connectivity index (χ4v) is 2.54. The van der Waals surface area contributed by atoms with Crippen molar-refractivity contribution in [2.75, 3.05) is 26.8 Å². The van der Waals surface area contributed by atoms with Crippen molar-refractivity contribution in [3.05, 3.63) is 17.5 Å². The highest BCUT2D eigenvalue weighted by atomic mass is 16.5. The minimum atomic E-state index is 0.659. The van der Waals surface area contributed by atoms with Crippen LogP contribution in [0.1, 0.15) is 31.7 Å². The predicted octanol–water partition coefficient (Wildman–Crippen LogP) is 2.17. The van der Waals surface area contributed by atoms with Crippen molar-refractivity contribution in [3.63, 3.8) is 0 Å². The van der Waals surface area contributed by atoms with Crippen molar-refractivity contribution in [3.8, 4) is 0 Å². The maximum atomic E-state index is 5.07. The van der Waals surface area contributed by atoms with E-state index in [0.29, 0.717) is 5.92 Å². The van der Waals surface area contributed by atoms with Gasteiger partial charge < -0.3 is 10.1 Å². The van der Waals surface area contributed by atoms with Crippen LogP contribution in [0.15, 0.2) is 6.07 Å². The maximum absolute atomic E-state index is 5.07. The second-order valence-corrected chi connectivity index (χ2v) is 5.80. The number of hydrogen-bond acceptors (Lipinski definition) is 3. The monoisotopic (exact) mass is 267 g/mol. The highest BCUT2D eigenvalue weighted by molar-refractivity contribution is 5.09. The standard InChI is InChI=1S/C15H29N3O/c1-12(2)8-14(11-16-6-7-19-5)10-15-9-13(3)17-18(15)4/h9,12,14,16H,6-8,10-11H2,1-5H3. The van der Waals surface area contributed by atoms with E-state index >= 15 is 0 Å². The van der Waals surface area contributed by atoms with Gasteiger partial charge in [0.1, 0.15) is 0 Å². The molecule has 4 heteroatoms. The third-order valence-electron chi connectivity index (χ3n) is 3.32. The summed E-state index contributed by atoms with van der Waals surface area (Å²) in [5.74, 6) is 1.38. The Morgan fingerprint density at radius 1 is 1.42 bits per heavy atom. The van der Waals surface area contributed by atoms with Gasteiger partial charge in [-0.15, -0.1) is 0 Å². The van der Waals surface area contributed by atoms with E-state index in [-0.39, 0.29) is 0 Å². The summed E-state index contributed by atoms with van der Waals surface area (Å²) >= 11 is 0. The van der Waals surface area contributed by atoms with Crippen LogP contribution in [0.25, 0.3) is 0 Å². The molecule has 1 N–H and O–H groups in total. The number of nitrogens with zero attached hydrogens (tertiary/aromatic N) is 2. The first-order valence-corrected chi connectivity index (χ1v) is 7.22. The number of nitrogens with one attached hydrogen (secondary N) is 1. The summed E-state index contributed by atoms with van der Waals surface area (Å²) in [5.41, 5.74) is 2.44. The average molecular weight is 267 g/mol. The molecule has 0 saturated heterocycles. The van der Waals surface area contributed by atoms with Gasteiger partial charge in [-0.05, 0) is 44.2 Å². The van der Waals surface area contributed by atoms with Gasteiger partial charge in [0, 0.05) is 26.4 Å². The molecule has 0 radical (unpaired) electrons. The lowest BCUT2D eigenvalue weighted by molar-refractivity contribution is 0.197. The summed E-state index contributed by atoms with van der Waals surface area (Å²) in [5, 5.41) is 7.91. The number of aryl methyl sites for hydroxylation is 2. The summed E-state index contributed by atoms with van der Waals surface area (Å²) < 4.78 is 7.08. The Hall–Kier alpha value is -0.870. The van der Waals surface area contributed by atoms with Gasteiger partial charge in [-0.25, -0.2) is 0 Å². The van der Waals surface area contributed by atoms with Gasteiger partial charge in [-0.1, -0.05) is 13.8 Å². The van der Waals surface area contributed by atoms with Crippen molar-refractivity contribution >= 4 is 0 Å². The van der Waals surface area contributed by atoms with Crippen LogP contribution in [-0.2, 0) is 18.2 Å². The first-order valence-electron chi connectivity index (χ1n) is 7.22. The number of hydrogen-bond donors (Lipinski definition) is 1. The summed E-state index contributed by atoms with van der Waals surface area (Å²) in [6.45, 7) is 9.38. The Morgan fingerprint density at radius 2 is 2.16 bits per heavy atom. The Morgan fingerprint density at radius 3 is 2.68 bits per heavy atom. The van der Waals surface area contributed by atoms with E-state index in [0.717, 1.165) is 37.7 Å². The number of aromatic nitrogens is 2. The molecule has 110 valence electrons. The lowest BCUT2D eigenvalue weighted by Gasteiger charge is -2.19. The summed E-state index contributed by atoms with van der Waals surface area (Å²) in [6, 6.07) is 2.20. The van der Waals surface area contributed by atoms with Gasteiger partial charge in [0.2, 0.25) is 0 Å². The fourth-order valence-electron chi connectivity index (χ4n) is 2.54. The smallest absolute Gasteiger partial charge is 0.0596 e. The molecular weight excluding hydrogens is 238 g/mol. The molecule has 0 spiro atoms. The molecule has 1 heterocycles. The third kappa shape index (κ3) is 6.21. The summed E-state index contributed by atoms with van der Waals surface area (Å²) in [4.78, 5) is 0. The molecule has 0 saturated carbocycles. The molecule has 19 heavy (non-hydrogen) atoms.